The number of phenolic OH excluding ortho intramolecular Hbond substituents is 2. The molecule has 0 amide bonds. The minimum atomic E-state index is -0.839. The number of benzene rings is 1. The topological polar surface area (TPSA) is 114 Å². The van der Waals surface area contributed by atoms with Crippen LogP contribution in [0.2, 0.25) is 0 Å². The van der Waals surface area contributed by atoms with E-state index in [1.165, 1.54) is 12.1 Å². The van der Waals surface area contributed by atoms with Gasteiger partial charge in [0.2, 0.25) is 0 Å². The molecule has 0 fully saturated rings. The average Bonchev–Trinajstić information content (AvgIpc) is 2.38. The molecule has 6 heteroatoms. The van der Waals surface area contributed by atoms with E-state index in [4.69, 9.17) is 10.5 Å². The van der Waals surface area contributed by atoms with Gasteiger partial charge < -0.3 is 14.9 Å². The summed E-state index contributed by atoms with van der Waals surface area (Å²) < 4.78 is 4.42. The monoisotopic (exact) mass is 244 g/mol. The molecule has 18 heavy (non-hydrogen) atoms. The van der Waals surface area contributed by atoms with Crippen molar-refractivity contribution in [1.29, 1.82) is 10.5 Å². The largest absolute Gasteiger partial charge is 0.504 e. The number of rotatable bonds is 2. The lowest BCUT2D eigenvalue weighted by Crippen LogP contribution is -2.02. The molecule has 0 aliphatic rings. The molecule has 2 N–H and O–H groups in total. The van der Waals surface area contributed by atoms with Gasteiger partial charge in [-0.2, -0.15) is 10.5 Å². The molecule has 1 rings (SSSR count). The first-order chi connectivity index (χ1) is 8.53. The zero-order valence-corrected chi connectivity index (χ0v) is 9.34. The second-order valence-electron chi connectivity index (χ2n) is 3.21. The zero-order valence-electron chi connectivity index (χ0n) is 9.34. The van der Waals surface area contributed by atoms with Crippen LogP contribution in [0.15, 0.2) is 17.7 Å². The van der Waals surface area contributed by atoms with Crippen molar-refractivity contribution in [2.24, 2.45) is 0 Å². The van der Waals surface area contributed by atoms with E-state index in [1.54, 1.807) is 12.1 Å². The van der Waals surface area contributed by atoms with Crippen LogP contribution in [0.1, 0.15) is 15.9 Å². The molecular formula is C12H8N2O4. The van der Waals surface area contributed by atoms with Crippen LogP contribution in [0, 0.1) is 22.7 Å². The van der Waals surface area contributed by atoms with E-state index >= 15 is 0 Å². The number of methoxy groups -OCH3 is 1. The van der Waals surface area contributed by atoms with Crippen molar-refractivity contribution in [2.75, 3.05) is 7.11 Å². The van der Waals surface area contributed by atoms with Crippen LogP contribution >= 0.6 is 0 Å². The number of nitrogens with zero attached hydrogens (tertiary/aromatic N) is 2. The summed E-state index contributed by atoms with van der Waals surface area (Å²) in [5.74, 6) is -2.00. The van der Waals surface area contributed by atoms with Crippen LogP contribution in [0.3, 0.4) is 0 Å². The first-order valence-corrected chi connectivity index (χ1v) is 4.69. The van der Waals surface area contributed by atoms with Gasteiger partial charge in [0.15, 0.2) is 11.5 Å². The Balaban J connectivity index is 3.40. The Bertz CT molecular complexity index is 590. The summed E-state index contributed by atoms with van der Waals surface area (Å²) in [6, 6.07) is 5.60. The van der Waals surface area contributed by atoms with Gasteiger partial charge in [0.25, 0.3) is 0 Å². The molecule has 0 aliphatic carbocycles. The Morgan fingerprint density at radius 3 is 2.44 bits per heavy atom. The van der Waals surface area contributed by atoms with Crippen molar-refractivity contribution < 1.29 is 19.7 Å². The number of esters is 1. The predicted octanol–water partition coefficient (Wildman–Crippen LogP) is 1.31. The number of aromatic hydroxyl groups is 2. The minimum Gasteiger partial charge on any atom is -0.504 e. The second kappa shape index (κ2) is 5.37. The van der Waals surface area contributed by atoms with Gasteiger partial charge in [0.05, 0.1) is 7.11 Å². The number of hydrogen-bond acceptors (Lipinski definition) is 6. The zero-order chi connectivity index (χ0) is 13.7. The Kier molecular flexibility index (Phi) is 3.90. The molecule has 0 radical (unpaired) electrons. The quantitative estimate of drug-likeness (QED) is 0.460. The summed E-state index contributed by atoms with van der Waals surface area (Å²) >= 11 is 0. The third-order valence-electron chi connectivity index (χ3n) is 2.07. The van der Waals surface area contributed by atoms with E-state index in [1.807, 2.05) is 0 Å². The molecule has 90 valence electrons. The van der Waals surface area contributed by atoms with Crippen molar-refractivity contribution in [3.05, 3.63) is 28.8 Å². The lowest BCUT2D eigenvalue weighted by atomic mass is 10.1. The van der Waals surface area contributed by atoms with Crippen molar-refractivity contribution in [3.8, 4) is 23.6 Å². The number of nitriles is 2. The molecule has 0 atom stereocenters. The first kappa shape index (κ1) is 13.1. The van der Waals surface area contributed by atoms with E-state index in [-0.39, 0.29) is 16.7 Å². The van der Waals surface area contributed by atoms with E-state index in [0.29, 0.717) is 0 Å². The molecule has 1 aromatic rings. The maximum Gasteiger partial charge on any atom is 0.341 e. The van der Waals surface area contributed by atoms with Gasteiger partial charge >= 0.3 is 5.97 Å². The van der Waals surface area contributed by atoms with Gasteiger partial charge in [-0.05, 0) is 23.8 Å². The van der Waals surface area contributed by atoms with Crippen LogP contribution in [0.4, 0.5) is 0 Å². The van der Waals surface area contributed by atoms with E-state index in [0.717, 1.165) is 13.2 Å². The van der Waals surface area contributed by atoms with Gasteiger partial charge in [-0.15, -0.1) is 0 Å². The fraction of sp³-hybridized carbons (Fsp3) is 0.0833. The summed E-state index contributed by atoms with van der Waals surface area (Å²) in [6.07, 6.45) is 1.17. The molecule has 0 saturated heterocycles. The number of ether oxygens (including phenoxy) is 1. The van der Waals surface area contributed by atoms with Gasteiger partial charge in [0, 0.05) is 0 Å². The number of allylic oxidation sites excluding steroid dienone is 1. The fourth-order valence-electron chi connectivity index (χ4n) is 1.25. The molecule has 0 bridgehead atoms. The van der Waals surface area contributed by atoms with Crippen molar-refractivity contribution in [3.63, 3.8) is 0 Å². The summed E-state index contributed by atoms with van der Waals surface area (Å²) in [6.45, 7) is 0. The second-order valence-corrected chi connectivity index (χ2v) is 3.21. The molecule has 0 unspecified atom stereocenters. The SMILES string of the molecule is COC(=O)c1cc(C=C(C#N)C#N)cc(O)c1O. The van der Waals surface area contributed by atoms with Crippen molar-refractivity contribution in [2.45, 2.75) is 0 Å². The molecule has 0 heterocycles. The molecule has 0 aliphatic heterocycles. The first-order valence-electron chi connectivity index (χ1n) is 4.69. The number of phenols is 2. The highest BCUT2D eigenvalue weighted by Gasteiger charge is 2.16. The lowest BCUT2D eigenvalue weighted by molar-refractivity contribution is 0.0596. The summed E-state index contributed by atoms with van der Waals surface area (Å²) in [5, 5.41) is 36.1. The van der Waals surface area contributed by atoms with Crippen molar-refractivity contribution >= 4 is 12.0 Å². The third-order valence-corrected chi connectivity index (χ3v) is 2.07. The molecule has 0 saturated carbocycles. The van der Waals surface area contributed by atoms with Crippen LogP contribution in [0.5, 0.6) is 11.5 Å². The van der Waals surface area contributed by atoms with Crippen molar-refractivity contribution in [1.82, 2.24) is 0 Å². The normalized spacial score (nSPS) is 8.83. The molecular weight excluding hydrogens is 236 g/mol. The lowest BCUT2D eigenvalue weighted by Gasteiger charge is -2.06. The summed E-state index contributed by atoms with van der Waals surface area (Å²) in [7, 11) is 1.12. The van der Waals surface area contributed by atoms with Crippen LogP contribution in [-0.4, -0.2) is 23.3 Å². The Labute approximate surface area is 103 Å². The van der Waals surface area contributed by atoms with E-state index in [9.17, 15) is 15.0 Å². The molecule has 0 aromatic heterocycles. The van der Waals surface area contributed by atoms with Gasteiger partial charge in [-0.3, -0.25) is 0 Å². The molecule has 6 nitrogen and oxygen atoms in total. The van der Waals surface area contributed by atoms with Gasteiger partial charge in [-0.25, -0.2) is 4.79 Å². The van der Waals surface area contributed by atoms with Crippen LogP contribution in [-0.2, 0) is 4.74 Å². The number of carbonyl (C=O) groups is 1. The Morgan fingerprint density at radius 1 is 1.33 bits per heavy atom. The summed E-state index contributed by atoms with van der Waals surface area (Å²) in [5.41, 5.74) is -0.223. The average molecular weight is 244 g/mol. The summed E-state index contributed by atoms with van der Waals surface area (Å²) in [4.78, 5) is 11.3. The highest BCUT2D eigenvalue weighted by molar-refractivity contribution is 5.94. The Hall–Kier alpha value is -2.99. The van der Waals surface area contributed by atoms with Crippen LogP contribution in [0.25, 0.3) is 6.08 Å². The third kappa shape index (κ3) is 2.57. The molecule has 1 aromatic carbocycles. The molecule has 0 spiro atoms. The number of hydrogen-bond donors (Lipinski definition) is 2. The predicted molar refractivity (Wildman–Crippen MR) is 60.3 cm³/mol. The van der Waals surface area contributed by atoms with Crippen LogP contribution < -0.4 is 0 Å². The van der Waals surface area contributed by atoms with Gasteiger partial charge in [-0.1, -0.05) is 0 Å². The fourth-order valence-corrected chi connectivity index (χ4v) is 1.25. The maximum absolute atomic E-state index is 11.3. The van der Waals surface area contributed by atoms with E-state index < -0.39 is 17.5 Å². The maximum atomic E-state index is 11.3. The highest BCUT2D eigenvalue weighted by atomic mass is 16.5. The minimum absolute atomic E-state index is 0.198. The van der Waals surface area contributed by atoms with E-state index in [2.05, 4.69) is 4.74 Å². The Morgan fingerprint density at radius 2 is 1.94 bits per heavy atom. The standard InChI is InChI=1S/C12H8N2O4/c1-18-12(17)9-3-7(2-8(5-13)6-14)4-10(15)11(9)16/h2-4,15-16H,1H3. The van der Waals surface area contributed by atoms with Gasteiger partial charge in [0.1, 0.15) is 23.3 Å². The smallest absolute Gasteiger partial charge is 0.341 e. The number of carbonyl (C=O) groups excluding carboxylic acids is 1. The highest BCUT2D eigenvalue weighted by Crippen LogP contribution is 2.31.